The smallest absolute Gasteiger partial charge is 0.264 e. The maximum Gasteiger partial charge on any atom is 0.264 e. The van der Waals surface area contributed by atoms with E-state index in [1.807, 2.05) is 27.7 Å². The maximum atomic E-state index is 11.8. The molecule has 4 saturated carbocycles. The third-order valence-corrected chi connectivity index (χ3v) is 7.47. The van der Waals surface area contributed by atoms with Gasteiger partial charge < -0.3 is 15.4 Å². The van der Waals surface area contributed by atoms with Crippen LogP contribution in [0.2, 0.25) is 0 Å². The molecule has 0 aromatic carbocycles. The van der Waals surface area contributed by atoms with Crippen LogP contribution in [0.4, 0.5) is 0 Å². The van der Waals surface area contributed by atoms with Crippen molar-refractivity contribution >= 4 is 15.8 Å². The molecule has 4 bridgehead atoms. The molecule has 8 heteroatoms. The van der Waals surface area contributed by atoms with Gasteiger partial charge in [-0.3, -0.25) is 4.18 Å². The van der Waals surface area contributed by atoms with Crippen LogP contribution >= 0.6 is 0 Å². The van der Waals surface area contributed by atoms with E-state index in [1.165, 1.54) is 0 Å². The summed E-state index contributed by atoms with van der Waals surface area (Å²) in [5, 5.41) is 34.4. The molecule has 3 N–H and O–H groups in total. The van der Waals surface area contributed by atoms with Gasteiger partial charge in [0.15, 0.2) is 0 Å². The molecule has 4 rings (SSSR count). The van der Waals surface area contributed by atoms with E-state index < -0.39 is 39.3 Å². The lowest BCUT2D eigenvalue weighted by molar-refractivity contribution is -0.199. The van der Waals surface area contributed by atoms with Gasteiger partial charge in [-0.2, -0.15) is 8.42 Å². The standard InChI is InChI=1S/C16H27NO6S/c1-7-6-8(17-20)10-11-9(7)16(10,4)14(23-24(5,21)22)12(18)13(19)15(11,2)3/h7,9-14,18-20H,6H2,1-5H3/b17-8+/t7-,9+,10-,11+,12-,13-,14-,16-/m1/s1. The lowest BCUT2D eigenvalue weighted by atomic mass is 9.35. The molecule has 4 aliphatic carbocycles. The number of rotatable bonds is 2. The van der Waals surface area contributed by atoms with Crippen LogP contribution in [0, 0.1) is 34.5 Å². The first-order chi connectivity index (χ1) is 10.9. The van der Waals surface area contributed by atoms with Gasteiger partial charge in [0.05, 0.1) is 18.1 Å². The van der Waals surface area contributed by atoms with E-state index in [4.69, 9.17) is 4.18 Å². The number of nitrogens with zero attached hydrogens (tertiary/aromatic N) is 1. The molecular formula is C16H27NO6S. The van der Waals surface area contributed by atoms with E-state index >= 15 is 0 Å². The van der Waals surface area contributed by atoms with E-state index in [-0.39, 0.29) is 23.7 Å². The molecule has 8 atom stereocenters. The molecule has 0 aromatic heterocycles. The average Bonchev–Trinajstić information content (AvgIpc) is 2.53. The first-order valence-electron chi connectivity index (χ1n) is 8.32. The van der Waals surface area contributed by atoms with Crippen LogP contribution < -0.4 is 0 Å². The Bertz CT molecular complexity index is 674. The second-order valence-electron chi connectivity index (χ2n) is 8.65. The molecule has 0 aromatic rings. The van der Waals surface area contributed by atoms with Crippen LogP contribution in [0.25, 0.3) is 0 Å². The fourth-order valence-corrected chi connectivity index (χ4v) is 6.77. The molecule has 24 heavy (non-hydrogen) atoms. The molecular weight excluding hydrogens is 334 g/mol. The second kappa shape index (κ2) is 5.16. The van der Waals surface area contributed by atoms with Crippen LogP contribution in [0.3, 0.4) is 0 Å². The second-order valence-corrected chi connectivity index (χ2v) is 10.2. The monoisotopic (exact) mass is 361 g/mol. The van der Waals surface area contributed by atoms with Crippen molar-refractivity contribution in [3.63, 3.8) is 0 Å². The summed E-state index contributed by atoms with van der Waals surface area (Å²) < 4.78 is 28.9. The Morgan fingerprint density at radius 3 is 2.29 bits per heavy atom. The van der Waals surface area contributed by atoms with Crippen LogP contribution in [-0.4, -0.2) is 54.1 Å². The highest BCUT2D eigenvalue weighted by atomic mass is 32.2. The predicted octanol–water partition coefficient (Wildman–Crippen LogP) is 0.831. The van der Waals surface area contributed by atoms with Crippen LogP contribution in [0.5, 0.6) is 0 Å². The Morgan fingerprint density at radius 2 is 1.79 bits per heavy atom. The number of fused-ring (bicyclic) bond motifs is 2. The molecule has 0 radical (unpaired) electrons. The van der Waals surface area contributed by atoms with Gasteiger partial charge in [0, 0.05) is 11.3 Å². The Kier molecular flexibility index (Phi) is 3.89. The van der Waals surface area contributed by atoms with Gasteiger partial charge in [-0.05, 0) is 29.6 Å². The van der Waals surface area contributed by atoms with Gasteiger partial charge in [0.1, 0.15) is 12.2 Å². The number of hydrogen-bond acceptors (Lipinski definition) is 7. The topological polar surface area (TPSA) is 116 Å². The van der Waals surface area contributed by atoms with E-state index in [9.17, 15) is 23.8 Å². The van der Waals surface area contributed by atoms with E-state index in [2.05, 4.69) is 5.16 Å². The summed E-state index contributed by atoms with van der Waals surface area (Å²) in [7, 11) is -3.83. The highest BCUT2D eigenvalue weighted by Crippen LogP contribution is 2.73. The normalized spacial score (nSPS) is 51.8. The summed E-state index contributed by atoms with van der Waals surface area (Å²) in [5.74, 6) is -0.0212. The first kappa shape index (κ1) is 18.1. The number of aliphatic hydroxyl groups excluding tert-OH is 2. The fourth-order valence-electron chi connectivity index (χ4n) is 6.07. The molecule has 0 unspecified atom stereocenters. The van der Waals surface area contributed by atoms with Crippen LogP contribution in [0.15, 0.2) is 5.16 Å². The molecule has 0 amide bonds. The largest absolute Gasteiger partial charge is 0.411 e. The fraction of sp³-hybridized carbons (Fsp3) is 0.938. The van der Waals surface area contributed by atoms with Crippen molar-refractivity contribution in [1.82, 2.24) is 0 Å². The summed E-state index contributed by atoms with van der Waals surface area (Å²) in [6, 6.07) is 0. The van der Waals surface area contributed by atoms with Gasteiger partial charge in [0.25, 0.3) is 10.1 Å². The van der Waals surface area contributed by atoms with Crippen LogP contribution in [-0.2, 0) is 14.3 Å². The van der Waals surface area contributed by atoms with Crippen molar-refractivity contribution in [2.75, 3.05) is 6.26 Å². The van der Waals surface area contributed by atoms with Crippen molar-refractivity contribution < 1.29 is 28.0 Å². The average molecular weight is 361 g/mol. The Labute approximate surface area is 142 Å². The Morgan fingerprint density at radius 1 is 1.21 bits per heavy atom. The minimum atomic E-state index is -3.83. The van der Waals surface area contributed by atoms with Crippen molar-refractivity contribution in [1.29, 1.82) is 0 Å². The van der Waals surface area contributed by atoms with E-state index in [1.54, 1.807) is 0 Å². The molecule has 0 spiro atoms. The van der Waals surface area contributed by atoms with Crippen molar-refractivity contribution in [2.45, 2.75) is 52.4 Å². The lowest BCUT2D eigenvalue weighted by Crippen LogP contribution is -2.71. The molecule has 4 fully saturated rings. The highest BCUT2D eigenvalue weighted by molar-refractivity contribution is 7.86. The van der Waals surface area contributed by atoms with Crippen molar-refractivity contribution in [3.05, 3.63) is 0 Å². The first-order valence-corrected chi connectivity index (χ1v) is 10.1. The van der Waals surface area contributed by atoms with Crippen molar-refractivity contribution in [3.8, 4) is 0 Å². The lowest BCUT2D eigenvalue weighted by Gasteiger charge is -2.69. The Hall–Kier alpha value is -0.700. The van der Waals surface area contributed by atoms with Gasteiger partial charge in [-0.1, -0.05) is 32.9 Å². The zero-order chi connectivity index (χ0) is 18.2. The zero-order valence-corrected chi connectivity index (χ0v) is 15.5. The molecule has 7 nitrogen and oxygen atoms in total. The summed E-state index contributed by atoms with van der Waals surface area (Å²) in [6.07, 6.45) is -1.96. The Balaban J connectivity index is 2.20. The minimum Gasteiger partial charge on any atom is -0.411 e. The zero-order valence-electron chi connectivity index (χ0n) is 14.7. The van der Waals surface area contributed by atoms with E-state index in [0.29, 0.717) is 12.1 Å². The minimum absolute atomic E-state index is 0.00467. The third-order valence-electron chi connectivity index (χ3n) is 6.91. The van der Waals surface area contributed by atoms with Crippen LogP contribution in [0.1, 0.15) is 34.1 Å². The summed E-state index contributed by atoms with van der Waals surface area (Å²) >= 11 is 0. The molecule has 4 aliphatic rings. The molecule has 138 valence electrons. The number of aliphatic hydroxyl groups is 2. The quantitative estimate of drug-likeness (QED) is 0.381. The number of hydrogen-bond donors (Lipinski definition) is 3. The summed E-state index contributed by atoms with van der Waals surface area (Å²) in [5.41, 5.74) is -0.760. The highest BCUT2D eigenvalue weighted by Gasteiger charge is 2.76. The maximum absolute atomic E-state index is 11.8. The molecule has 0 aliphatic heterocycles. The van der Waals surface area contributed by atoms with Gasteiger partial charge in [-0.25, -0.2) is 0 Å². The molecule has 0 saturated heterocycles. The SMILES string of the molecule is C[C@@H]1C/C(=N\O)[C@@H]2[C@@H]3[C@H]1[C@@]2(C)[C@H](OS(C)(=O)=O)[C@H](O)[C@@H](O)C3(C)C. The van der Waals surface area contributed by atoms with Gasteiger partial charge in [0.2, 0.25) is 0 Å². The van der Waals surface area contributed by atoms with E-state index in [0.717, 1.165) is 6.26 Å². The van der Waals surface area contributed by atoms with Crippen molar-refractivity contribution in [2.24, 2.45) is 39.7 Å². The predicted molar refractivity (Wildman–Crippen MR) is 87.1 cm³/mol. The summed E-state index contributed by atoms with van der Waals surface area (Å²) in [4.78, 5) is 0. The molecule has 0 heterocycles. The van der Waals surface area contributed by atoms with Gasteiger partial charge in [-0.15, -0.1) is 0 Å². The van der Waals surface area contributed by atoms with Gasteiger partial charge >= 0.3 is 0 Å². The number of oxime groups is 1. The summed E-state index contributed by atoms with van der Waals surface area (Å²) in [6.45, 7) is 7.67. The third kappa shape index (κ3) is 2.12.